The molecule has 0 aromatic carbocycles. The van der Waals surface area contributed by atoms with E-state index in [-0.39, 0.29) is 31.9 Å². The first-order valence-electron chi connectivity index (χ1n) is 6.06. The normalized spacial score (nSPS) is 19.4. The second kappa shape index (κ2) is 7.68. The summed E-state index contributed by atoms with van der Waals surface area (Å²) in [5.74, 6) is -1.72. The van der Waals surface area contributed by atoms with Crippen LogP contribution < -0.4 is 0 Å². The van der Waals surface area contributed by atoms with E-state index in [2.05, 4.69) is 0 Å². The molecule has 1 unspecified atom stereocenters. The van der Waals surface area contributed by atoms with Crippen LogP contribution in [0.25, 0.3) is 0 Å². The quantitative estimate of drug-likeness (QED) is 0.803. The lowest BCUT2D eigenvalue weighted by atomic mass is 10.2. The Balaban J connectivity index is 0.00000361. The highest BCUT2D eigenvalue weighted by Gasteiger charge is 2.41. The Kier molecular flexibility index (Phi) is 7.29. The maximum Gasteiger partial charge on any atom is 0.406 e. The van der Waals surface area contributed by atoms with Crippen LogP contribution >= 0.6 is 12.4 Å². The maximum absolute atomic E-state index is 12.3. The number of carboxylic acids is 1. The summed E-state index contributed by atoms with van der Waals surface area (Å²) < 4.78 is 36.8. The van der Waals surface area contributed by atoms with Gasteiger partial charge in [-0.15, -0.1) is 12.4 Å². The van der Waals surface area contributed by atoms with Crippen LogP contribution in [0.1, 0.15) is 19.8 Å². The molecular formula is C11H18ClF3N2O3. The van der Waals surface area contributed by atoms with Crippen LogP contribution in [0.15, 0.2) is 0 Å². The van der Waals surface area contributed by atoms with Gasteiger partial charge in [0.25, 0.3) is 0 Å². The Morgan fingerprint density at radius 1 is 1.50 bits per heavy atom. The number of carboxylic acid groups (broad SMARTS) is 1. The minimum absolute atomic E-state index is 0. The standard InChI is InChI=1S/C11H17F3N2O3.ClH/c1-2-4-15(6-9(17)18)8-3-5-16(10(8)19)7-11(12,13)14;/h8H,2-7H2,1H3,(H,17,18);1H. The van der Waals surface area contributed by atoms with Gasteiger partial charge in [-0.3, -0.25) is 14.5 Å². The minimum atomic E-state index is -4.42. The van der Waals surface area contributed by atoms with Crippen molar-refractivity contribution in [1.29, 1.82) is 0 Å². The van der Waals surface area contributed by atoms with Crippen molar-refractivity contribution in [3.63, 3.8) is 0 Å². The molecule has 0 aromatic heterocycles. The largest absolute Gasteiger partial charge is 0.480 e. The van der Waals surface area contributed by atoms with Gasteiger partial charge < -0.3 is 10.0 Å². The van der Waals surface area contributed by atoms with Gasteiger partial charge in [-0.1, -0.05) is 6.92 Å². The van der Waals surface area contributed by atoms with Gasteiger partial charge in [-0.05, 0) is 19.4 Å². The molecule has 1 amide bonds. The van der Waals surface area contributed by atoms with Crippen molar-refractivity contribution >= 4 is 24.3 Å². The zero-order chi connectivity index (χ0) is 14.6. The second-order valence-corrected chi connectivity index (χ2v) is 4.54. The molecule has 20 heavy (non-hydrogen) atoms. The highest BCUT2D eigenvalue weighted by molar-refractivity contribution is 5.85. The summed E-state index contributed by atoms with van der Waals surface area (Å²) in [6.07, 6.45) is -3.55. The highest BCUT2D eigenvalue weighted by atomic mass is 35.5. The van der Waals surface area contributed by atoms with Crippen molar-refractivity contribution in [3.8, 4) is 0 Å². The van der Waals surface area contributed by atoms with Crippen molar-refractivity contribution in [3.05, 3.63) is 0 Å². The SMILES string of the molecule is CCCN(CC(=O)O)C1CCN(CC(F)(F)F)C1=O.Cl. The third-order valence-electron chi connectivity index (χ3n) is 2.93. The first-order chi connectivity index (χ1) is 8.74. The fourth-order valence-electron chi connectivity index (χ4n) is 2.24. The van der Waals surface area contributed by atoms with E-state index in [1.807, 2.05) is 6.92 Å². The Morgan fingerprint density at radius 2 is 2.10 bits per heavy atom. The molecule has 1 aliphatic rings. The summed E-state index contributed by atoms with van der Waals surface area (Å²) in [7, 11) is 0. The number of carbonyl (C=O) groups is 2. The molecular weight excluding hydrogens is 301 g/mol. The van der Waals surface area contributed by atoms with Gasteiger partial charge in [0, 0.05) is 6.54 Å². The summed E-state index contributed by atoms with van der Waals surface area (Å²) >= 11 is 0. The summed E-state index contributed by atoms with van der Waals surface area (Å²) in [5, 5.41) is 8.76. The maximum atomic E-state index is 12.3. The third kappa shape index (κ3) is 5.54. The predicted octanol–water partition coefficient (Wildman–Crippen LogP) is 1.37. The molecule has 0 aliphatic carbocycles. The summed E-state index contributed by atoms with van der Waals surface area (Å²) in [5.41, 5.74) is 0. The molecule has 5 nitrogen and oxygen atoms in total. The van der Waals surface area contributed by atoms with E-state index in [1.165, 1.54) is 4.90 Å². The molecule has 1 rings (SSSR count). The van der Waals surface area contributed by atoms with E-state index >= 15 is 0 Å². The van der Waals surface area contributed by atoms with E-state index in [1.54, 1.807) is 0 Å². The smallest absolute Gasteiger partial charge is 0.406 e. The molecule has 0 spiro atoms. The summed E-state index contributed by atoms with van der Waals surface area (Å²) in [6.45, 7) is 0.618. The van der Waals surface area contributed by atoms with E-state index in [0.717, 1.165) is 4.90 Å². The van der Waals surface area contributed by atoms with Gasteiger partial charge in [-0.25, -0.2) is 0 Å². The van der Waals surface area contributed by atoms with E-state index in [9.17, 15) is 22.8 Å². The fraction of sp³-hybridized carbons (Fsp3) is 0.818. The topological polar surface area (TPSA) is 60.9 Å². The summed E-state index contributed by atoms with van der Waals surface area (Å²) in [4.78, 5) is 24.8. The molecule has 1 aliphatic heterocycles. The van der Waals surface area contributed by atoms with E-state index in [0.29, 0.717) is 13.0 Å². The minimum Gasteiger partial charge on any atom is -0.480 e. The van der Waals surface area contributed by atoms with Crippen LogP contribution in [0.3, 0.4) is 0 Å². The third-order valence-corrected chi connectivity index (χ3v) is 2.93. The number of halogens is 4. The number of hydrogen-bond acceptors (Lipinski definition) is 3. The zero-order valence-electron chi connectivity index (χ0n) is 11.0. The highest BCUT2D eigenvalue weighted by Crippen LogP contribution is 2.23. The van der Waals surface area contributed by atoms with Gasteiger partial charge in [0.15, 0.2) is 0 Å². The molecule has 1 N–H and O–H groups in total. The molecule has 118 valence electrons. The molecule has 0 radical (unpaired) electrons. The zero-order valence-corrected chi connectivity index (χ0v) is 11.8. The molecule has 0 bridgehead atoms. The van der Waals surface area contributed by atoms with Crippen LogP contribution in [0.2, 0.25) is 0 Å². The van der Waals surface area contributed by atoms with E-state index in [4.69, 9.17) is 5.11 Å². The van der Waals surface area contributed by atoms with Crippen molar-refractivity contribution in [2.24, 2.45) is 0 Å². The Morgan fingerprint density at radius 3 is 2.55 bits per heavy atom. The van der Waals surface area contributed by atoms with Crippen LogP contribution in [-0.4, -0.2) is 65.2 Å². The predicted molar refractivity (Wildman–Crippen MR) is 67.8 cm³/mol. The fourth-order valence-corrected chi connectivity index (χ4v) is 2.24. The molecule has 1 heterocycles. The number of carbonyl (C=O) groups excluding carboxylic acids is 1. The number of alkyl halides is 3. The Bertz CT molecular complexity index is 352. The lowest BCUT2D eigenvalue weighted by Gasteiger charge is -2.26. The van der Waals surface area contributed by atoms with Crippen LogP contribution in [-0.2, 0) is 9.59 Å². The number of rotatable bonds is 6. The van der Waals surface area contributed by atoms with Gasteiger partial charge in [0.1, 0.15) is 6.54 Å². The first kappa shape index (κ1) is 19.0. The molecule has 0 aromatic rings. The van der Waals surface area contributed by atoms with Crippen LogP contribution in [0.4, 0.5) is 13.2 Å². The average Bonchev–Trinajstić information content (AvgIpc) is 2.57. The molecule has 1 fully saturated rings. The monoisotopic (exact) mass is 318 g/mol. The number of nitrogens with zero attached hydrogens (tertiary/aromatic N) is 2. The van der Waals surface area contributed by atoms with Crippen molar-refractivity contribution in [2.75, 3.05) is 26.2 Å². The van der Waals surface area contributed by atoms with E-state index < -0.39 is 30.6 Å². The van der Waals surface area contributed by atoms with Crippen molar-refractivity contribution < 1.29 is 27.9 Å². The Hall–Kier alpha value is -1.02. The molecule has 1 atom stereocenters. The lowest BCUT2D eigenvalue weighted by Crippen LogP contribution is -2.46. The first-order valence-corrected chi connectivity index (χ1v) is 6.06. The number of likely N-dealkylation sites (tertiary alicyclic amines) is 1. The summed E-state index contributed by atoms with van der Waals surface area (Å²) in [6, 6.07) is -0.751. The van der Waals surface area contributed by atoms with Gasteiger partial charge in [0.2, 0.25) is 5.91 Å². The van der Waals surface area contributed by atoms with Crippen LogP contribution in [0.5, 0.6) is 0 Å². The Labute approximate surface area is 121 Å². The molecule has 9 heteroatoms. The number of aliphatic carboxylic acids is 1. The number of amides is 1. The molecule has 0 saturated carbocycles. The molecule has 1 saturated heterocycles. The van der Waals surface area contributed by atoms with Crippen molar-refractivity contribution in [2.45, 2.75) is 32.0 Å². The van der Waals surface area contributed by atoms with Crippen LogP contribution in [0, 0.1) is 0 Å². The lowest BCUT2D eigenvalue weighted by molar-refractivity contribution is -0.159. The van der Waals surface area contributed by atoms with Gasteiger partial charge in [-0.2, -0.15) is 13.2 Å². The van der Waals surface area contributed by atoms with Crippen molar-refractivity contribution in [1.82, 2.24) is 9.80 Å². The number of hydrogen-bond donors (Lipinski definition) is 1. The van der Waals surface area contributed by atoms with Gasteiger partial charge >= 0.3 is 12.1 Å². The average molecular weight is 319 g/mol. The second-order valence-electron chi connectivity index (χ2n) is 4.54. The van der Waals surface area contributed by atoms with Gasteiger partial charge in [0.05, 0.1) is 12.6 Å².